The lowest BCUT2D eigenvalue weighted by molar-refractivity contribution is 0.371. The maximum atomic E-state index is 9.43. The smallest absolute Gasteiger partial charge is 0.200 e. The summed E-state index contributed by atoms with van der Waals surface area (Å²) in [5.74, 6) is -0.743. The Hall–Kier alpha value is -2.88. The third-order valence-electron chi connectivity index (χ3n) is 2.73. The van der Waals surface area contributed by atoms with Crippen molar-refractivity contribution in [2.45, 2.75) is 0 Å². The molecule has 0 heterocycles. The minimum Gasteiger partial charge on any atom is -0.508 e. The van der Waals surface area contributed by atoms with Crippen LogP contribution in [0.4, 0.5) is 0 Å². The monoisotopic (exact) mass is 270 g/mol. The molecule has 4 nitrogen and oxygen atoms in total. The molecule has 0 atom stereocenters. The van der Waals surface area contributed by atoms with Gasteiger partial charge in [-0.1, -0.05) is 42.5 Å². The van der Waals surface area contributed by atoms with Crippen molar-refractivity contribution in [3.05, 3.63) is 60.7 Å². The molecule has 0 saturated heterocycles. The molecule has 102 valence electrons. The minimum atomic E-state index is -0.473. The van der Waals surface area contributed by atoms with Crippen LogP contribution in [0.1, 0.15) is 0 Å². The Bertz CT molecular complexity index is 708. The van der Waals surface area contributed by atoms with Gasteiger partial charge in [-0.05, 0) is 23.6 Å². The highest BCUT2D eigenvalue weighted by molar-refractivity contribution is 5.92. The van der Waals surface area contributed by atoms with E-state index in [0.29, 0.717) is 16.5 Å². The molecule has 0 fully saturated rings. The molecule has 0 amide bonds. The summed E-state index contributed by atoms with van der Waals surface area (Å²) in [6.07, 6.45) is 0. The lowest BCUT2D eigenvalue weighted by atomic mass is 10.1. The Morgan fingerprint density at radius 3 is 1.80 bits per heavy atom. The molecule has 3 aromatic carbocycles. The molecule has 0 aromatic heterocycles. The quantitative estimate of drug-likeness (QED) is 0.472. The second-order valence-electron chi connectivity index (χ2n) is 4.15. The van der Waals surface area contributed by atoms with Crippen LogP contribution in [0.15, 0.2) is 60.7 Å². The molecule has 20 heavy (non-hydrogen) atoms. The van der Waals surface area contributed by atoms with Crippen LogP contribution >= 0.6 is 0 Å². The van der Waals surface area contributed by atoms with E-state index >= 15 is 0 Å². The number of para-hydroxylation sites is 1. The van der Waals surface area contributed by atoms with Crippen molar-refractivity contribution in [3.63, 3.8) is 0 Å². The fourth-order valence-corrected chi connectivity index (χ4v) is 1.73. The summed E-state index contributed by atoms with van der Waals surface area (Å²) in [6, 6.07) is 17.1. The number of aromatic hydroxyl groups is 4. The molecule has 0 spiro atoms. The molecule has 4 N–H and O–H groups in total. The Kier molecular flexibility index (Phi) is 3.96. The Morgan fingerprint density at radius 1 is 0.600 bits per heavy atom. The van der Waals surface area contributed by atoms with Crippen LogP contribution in [0.25, 0.3) is 10.8 Å². The standard InChI is InChI=1S/C10H8O3.C6H6O/c11-8-5-6-3-1-2-4-7(6)9(12)10(8)13;7-6-4-2-1-3-5-6/h1-5,11-13H;1-5,7H. The molecule has 0 aliphatic heterocycles. The summed E-state index contributed by atoms with van der Waals surface area (Å²) in [4.78, 5) is 0. The number of benzene rings is 3. The lowest BCUT2D eigenvalue weighted by Gasteiger charge is -2.04. The van der Waals surface area contributed by atoms with Crippen LogP contribution in [-0.2, 0) is 0 Å². The van der Waals surface area contributed by atoms with Crippen molar-refractivity contribution in [1.29, 1.82) is 0 Å². The maximum Gasteiger partial charge on any atom is 0.200 e. The van der Waals surface area contributed by atoms with E-state index in [9.17, 15) is 15.3 Å². The van der Waals surface area contributed by atoms with E-state index in [4.69, 9.17) is 5.11 Å². The Morgan fingerprint density at radius 2 is 1.20 bits per heavy atom. The topological polar surface area (TPSA) is 80.9 Å². The second-order valence-corrected chi connectivity index (χ2v) is 4.15. The molecule has 4 heteroatoms. The summed E-state index contributed by atoms with van der Waals surface area (Å²) in [7, 11) is 0. The molecular weight excluding hydrogens is 256 g/mol. The van der Waals surface area contributed by atoms with E-state index in [1.807, 2.05) is 6.07 Å². The summed E-state index contributed by atoms with van der Waals surface area (Å²) in [5, 5.41) is 37.7. The van der Waals surface area contributed by atoms with Crippen molar-refractivity contribution in [2.75, 3.05) is 0 Å². The van der Waals surface area contributed by atoms with Crippen LogP contribution in [0, 0.1) is 0 Å². The summed E-state index contributed by atoms with van der Waals surface area (Å²) < 4.78 is 0. The first kappa shape index (κ1) is 13.5. The number of phenols is 4. The summed E-state index contributed by atoms with van der Waals surface area (Å²) in [6.45, 7) is 0. The molecule has 0 radical (unpaired) electrons. The van der Waals surface area contributed by atoms with Crippen LogP contribution in [0.2, 0.25) is 0 Å². The molecule has 0 aliphatic carbocycles. The van der Waals surface area contributed by atoms with Crippen LogP contribution in [0.5, 0.6) is 23.0 Å². The van der Waals surface area contributed by atoms with Crippen molar-refractivity contribution in [3.8, 4) is 23.0 Å². The van der Waals surface area contributed by atoms with Gasteiger partial charge < -0.3 is 20.4 Å². The predicted octanol–water partition coefficient (Wildman–Crippen LogP) is 3.35. The molecule has 3 rings (SSSR count). The van der Waals surface area contributed by atoms with Gasteiger partial charge in [0.1, 0.15) is 5.75 Å². The summed E-state index contributed by atoms with van der Waals surface area (Å²) in [5.41, 5.74) is 0. The average molecular weight is 270 g/mol. The van der Waals surface area contributed by atoms with Crippen LogP contribution in [-0.4, -0.2) is 20.4 Å². The largest absolute Gasteiger partial charge is 0.508 e. The fraction of sp³-hybridized carbons (Fsp3) is 0. The summed E-state index contributed by atoms with van der Waals surface area (Å²) >= 11 is 0. The molecule has 0 saturated carbocycles. The van der Waals surface area contributed by atoms with E-state index in [2.05, 4.69) is 0 Å². The SMILES string of the molecule is Oc1cc2ccccc2c(O)c1O.Oc1ccccc1. The minimum absolute atomic E-state index is 0.282. The zero-order valence-electron chi connectivity index (χ0n) is 10.6. The molecule has 0 unspecified atom stereocenters. The number of rotatable bonds is 0. The Balaban J connectivity index is 0.000000178. The fourth-order valence-electron chi connectivity index (χ4n) is 1.73. The van der Waals surface area contributed by atoms with E-state index in [1.165, 1.54) is 6.07 Å². The predicted molar refractivity (Wildman–Crippen MR) is 77.0 cm³/mol. The molecule has 0 aliphatic rings. The zero-order chi connectivity index (χ0) is 14.5. The third-order valence-corrected chi connectivity index (χ3v) is 2.73. The average Bonchev–Trinajstić information content (AvgIpc) is 2.46. The van der Waals surface area contributed by atoms with Gasteiger partial charge in [0.25, 0.3) is 0 Å². The van der Waals surface area contributed by atoms with Gasteiger partial charge in [-0.3, -0.25) is 0 Å². The number of phenolic OH excluding ortho intramolecular Hbond substituents is 4. The molecule has 0 bridgehead atoms. The lowest BCUT2D eigenvalue weighted by Crippen LogP contribution is -1.76. The highest BCUT2D eigenvalue weighted by atomic mass is 16.3. The molecular formula is C16H14O4. The van der Waals surface area contributed by atoms with Crippen molar-refractivity contribution in [2.24, 2.45) is 0 Å². The van der Waals surface area contributed by atoms with Crippen molar-refractivity contribution in [1.82, 2.24) is 0 Å². The van der Waals surface area contributed by atoms with Gasteiger partial charge in [0.05, 0.1) is 0 Å². The van der Waals surface area contributed by atoms with Crippen LogP contribution in [0.3, 0.4) is 0 Å². The van der Waals surface area contributed by atoms with E-state index in [0.717, 1.165) is 0 Å². The van der Waals surface area contributed by atoms with Crippen molar-refractivity contribution < 1.29 is 20.4 Å². The Labute approximate surface area is 115 Å². The maximum absolute atomic E-state index is 9.43. The first-order valence-corrected chi connectivity index (χ1v) is 5.96. The van der Waals surface area contributed by atoms with Gasteiger partial charge in [-0.25, -0.2) is 0 Å². The van der Waals surface area contributed by atoms with Gasteiger partial charge in [0, 0.05) is 5.39 Å². The van der Waals surface area contributed by atoms with Gasteiger partial charge in [0.2, 0.25) is 5.75 Å². The van der Waals surface area contributed by atoms with E-state index in [-0.39, 0.29) is 11.5 Å². The van der Waals surface area contributed by atoms with Gasteiger partial charge in [-0.2, -0.15) is 0 Å². The van der Waals surface area contributed by atoms with Crippen LogP contribution < -0.4 is 0 Å². The highest BCUT2D eigenvalue weighted by Crippen LogP contribution is 2.40. The second kappa shape index (κ2) is 5.84. The van der Waals surface area contributed by atoms with Gasteiger partial charge in [0.15, 0.2) is 11.5 Å². The van der Waals surface area contributed by atoms with Crippen molar-refractivity contribution >= 4 is 10.8 Å². The number of fused-ring (bicyclic) bond motifs is 1. The highest BCUT2D eigenvalue weighted by Gasteiger charge is 2.09. The first-order chi connectivity index (χ1) is 9.59. The van der Waals surface area contributed by atoms with Gasteiger partial charge >= 0.3 is 0 Å². The van der Waals surface area contributed by atoms with E-state index < -0.39 is 5.75 Å². The third kappa shape index (κ3) is 2.92. The zero-order valence-corrected chi connectivity index (χ0v) is 10.6. The number of hydrogen-bond donors (Lipinski definition) is 4. The molecule has 3 aromatic rings. The number of hydrogen-bond acceptors (Lipinski definition) is 4. The first-order valence-electron chi connectivity index (χ1n) is 5.96. The normalized spacial score (nSPS) is 9.80. The van der Waals surface area contributed by atoms with Gasteiger partial charge in [-0.15, -0.1) is 0 Å². The van der Waals surface area contributed by atoms with E-state index in [1.54, 1.807) is 48.5 Å².